The number of aromatic nitrogens is 1. The van der Waals surface area contributed by atoms with E-state index in [1.807, 2.05) is 6.07 Å². The van der Waals surface area contributed by atoms with Gasteiger partial charge in [-0.1, -0.05) is 23.5 Å². The number of thiazole rings is 1. The molecule has 0 saturated carbocycles. The van der Waals surface area contributed by atoms with Crippen molar-refractivity contribution in [2.24, 2.45) is 0 Å². The van der Waals surface area contributed by atoms with Crippen LogP contribution < -0.4 is 5.73 Å². The van der Waals surface area contributed by atoms with Gasteiger partial charge in [0.1, 0.15) is 11.5 Å². The maximum atomic E-state index is 12.9. The summed E-state index contributed by atoms with van der Waals surface area (Å²) in [7, 11) is 0. The highest BCUT2D eigenvalue weighted by Crippen LogP contribution is 2.37. The molecule has 3 aromatic rings. The molecule has 0 saturated heterocycles. The Bertz CT molecular complexity index is 659. The first-order valence-electron chi connectivity index (χ1n) is 5.30. The Morgan fingerprint density at radius 3 is 2.61 bits per heavy atom. The fourth-order valence-electron chi connectivity index (χ4n) is 1.71. The van der Waals surface area contributed by atoms with Gasteiger partial charge in [0, 0.05) is 0 Å². The summed E-state index contributed by atoms with van der Waals surface area (Å²) in [5, 5.41) is 0.459. The summed E-state index contributed by atoms with van der Waals surface area (Å²) in [5.74, 6) is 0.387. The van der Waals surface area contributed by atoms with Crippen molar-refractivity contribution < 1.29 is 8.81 Å². The molecule has 5 heteroatoms. The lowest BCUT2D eigenvalue weighted by atomic mass is 10.1. The Morgan fingerprint density at radius 2 is 1.94 bits per heavy atom. The predicted molar refractivity (Wildman–Crippen MR) is 69.6 cm³/mol. The van der Waals surface area contributed by atoms with E-state index in [9.17, 15) is 4.39 Å². The fraction of sp³-hybridized carbons (Fsp3) is 0. The minimum atomic E-state index is -0.268. The Morgan fingerprint density at radius 1 is 1.17 bits per heavy atom. The molecule has 90 valence electrons. The highest BCUT2D eigenvalue weighted by molar-refractivity contribution is 7.19. The minimum Gasteiger partial charge on any atom is -0.463 e. The molecule has 0 atom stereocenters. The molecule has 2 heterocycles. The zero-order chi connectivity index (χ0) is 12.5. The van der Waals surface area contributed by atoms with Crippen molar-refractivity contribution in [3.05, 3.63) is 48.5 Å². The number of nitrogens with zero attached hydrogens (tertiary/aromatic N) is 1. The Kier molecular flexibility index (Phi) is 2.60. The summed E-state index contributed by atoms with van der Waals surface area (Å²) in [6.45, 7) is 0. The van der Waals surface area contributed by atoms with Gasteiger partial charge in [0.2, 0.25) is 0 Å². The third-order valence-electron chi connectivity index (χ3n) is 2.50. The Labute approximate surface area is 107 Å². The van der Waals surface area contributed by atoms with Gasteiger partial charge in [-0.3, -0.25) is 0 Å². The highest BCUT2D eigenvalue weighted by atomic mass is 32.1. The molecule has 0 spiro atoms. The maximum Gasteiger partial charge on any atom is 0.181 e. The molecule has 0 aliphatic heterocycles. The normalized spacial score (nSPS) is 10.7. The van der Waals surface area contributed by atoms with E-state index >= 15 is 0 Å². The van der Waals surface area contributed by atoms with Crippen LogP contribution in [0.1, 0.15) is 0 Å². The van der Waals surface area contributed by atoms with E-state index in [0.29, 0.717) is 16.6 Å². The zero-order valence-electron chi connectivity index (χ0n) is 9.26. The van der Waals surface area contributed by atoms with Crippen LogP contribution in [-0.2, 0) is 0 Å². The van der Waals surface area contributed by atoms with Crippen molar-refractivity contribution in [3.63, 3.8) is 0 Å². The third kappa shape index (κ3) is 1.89. The van der Waals surface area contributed by atoms with E-state index in [-0.39, 0.29) is 5.82 Å². The zero-order valence-corrected chi connectivity index (χ0v) is 10.1. The van der Waals surface area contributed by atoms with Crippen molar-refractivity contribution in [1.82, 2.24) is 4.98 Å². The summed E-state index contributed by atoms with van der Waals surface area (Å²) in [6.07, 6.45) is 1.58. The summed E-state index contributed by atoms with van der Waals surface area (Å²) >= 11 is 1.36. The summed E-state index contributed by atoms with van der Waals surface area (Å²) < 4.78 is 18.3. The number of benzene rings is 1. The van der Waals surface area contributed by atoms with E-state index in [2.05, 4.69) is 4.98 Å². The van der Waals surface area contributed by atoms with Crippen LogP contribution in [0.3, 0.4) is 0 Å². The number of halogens is 1. The van der Waals surface area contributed by atoms with Crippen LogP contribution in [0.15, 0.2) is 47.1 Å². The van der Waals surface area contributed by atoms with Gasteiger partial charge in [-0.2, -0.15) is 0 Å². The average Bonchev–Trinajstić information content (AvgIpc) is 2.98. The van der Waals surface area contributed by atoms with E-state index in [0.717, 1.165) is 10.4 Å². The van der Waals surface area contributed by atoms with Gasteiger partial charge in [-0.15, -0.1) is 0 Å². The lowest BCUT2D eigenvalue weighted by Gasteiger charge is -1.99. The molecular formula is C13H9FN2OS. The topological polar surface area (TPSA) is 52.0 Å². The van der Waals surface area contributed by atoms with Crippen molar-refractivity contribution in [2.45, 2.75) is 0 Å². The molecular weight excluding hydrogens is 251 g/mol. The monoisotopic (exact) mass is 260 g/mol. The number of rotatable bonds is 2. The molecule has 2 aromatic heterocycles. The molecule has 0 bridgehead atoms. The van der Waals surface area contributed by atoms with Gasteiger partial charge in [0.25, 0.3) is 0 Å². The fourth-order valence-corrected chi connectivity index (χ4v) is 2.56. The van der Waals surface area contributed by atoms with Crippen molar-refractivity contribution >= 4 is 16.5 Å². The predicted octanol–water partition coefficient (Wildman–Crippen LogP) is 3.79. The van der Waals surface area contributed by atoms with Gasteiger partial charge < -0.3 is 10.2 Å². The number of hydrogen-bond acceptors (Lipinski definition) is 4. The second kappa shape index (κ2) is 4.27. The molecule has 0 aliphatic rings. The molecule has 2 N–H and O–H groups in total. The highest BCUT2D eigenvalue weighted by Gasteiger charge is 2.15. The summed E-state index contributed by atoms with van der Waals surface area (Å²) in [4.78, 5) is 5.14. The van der Waals surface area contributed by atoms with Crippen LogP contribution in [0.2, 0.25) is 0 Å². The lowest BCUT2D eigenvalue weighted by molar-refractivity contribution is 0.581. The average molecular weight is 260 g/mol. The van der Waals surface area contributed by atoms with E-state index in [1.54, 1.807) is 24.5 Å². The molecule has 0 fully saturated rings. The van der Waals surface area contributed by atoms with Crippen molar-refractivity contribution in [1.29, 1.82) is 0 Å². The van der Waals surface area contributed by atoms with E-state index < -0.39 is 0 Å². The molecule has 3 nitrogen and oxygen atoms in total. The van der Waals surface area contributed by atoms with Crippen molar-refractivity contribution in [3.8, 4) is 21.9 Å². The Hall–Kier alpha value is -2.14. The van der Waals surface area contributed by atoms with Crippen molar-refractivity contribution in [2.75, 3.05) is 5.73 Å². The third-order valence-corrected chi connectivity index (χ3v) is 3.44. The second-order valence-electron chi connectivity index (χ2n) is 3.71. The Balaban J connectivity index is 2.15. The number of nitrogens with two attached hydrogens (primary N) is 1. The van der Waals surface area contributed by atoms with Crippen LogP contribution in [0.25, 0.3) is 21.9 Å². The quantitative estimate of drug-likeness (QED) is 0.762. The summed E-state index contributed by atoms with van der Waals surface area (Å²) in [5.41, 5.74) is 7.31. The molecule has 0 unspecified atom stereocenters. The number of hydrogen-bond donors (Lipinski definition) is 1. The van der Waals surface area contributed by atoms with Crippen LogP contribution in [0, 0.1) is 5.82 Å². The summed E-state index contributed by atoms with van der Waals surface area (Å²) in [6, 6.07) is 9.85. The van der Waals surface area contributed by atoms with Crippen LogP contribution >= 0.6 is 11.3 Å². The molecule has 0 radical (unpaired) electrons. The molecule has 1 aromatic carbocycles. The van der Waals surface area contributed by atoms with Gasteiger partial charge >= 0.3 is 0 Å². The molecule has 3 rings (SSSR count). The van der Waals surface area contributed by atoms with Gasteiger partial charge in [-0.05, 0) is 29.8 Å². The first-order valence-corrected chi connectivity index (χ1v) is 6.12. The largest absolute Gasteiger partial charge is 0.463 e. The molecule has 18 heavy (non-hydrogen) atoms. The minimum absolute atomic E-state index is 0.268. The van der Waals surface area contributed by atoms with E-state index in [1.165, 1.54) is 23.5 Å². The smallest absolute Gasteiger partial charge is 0.181 e. The van der Waals surface area contributed by atoms with Crippen LogP contribution in [-0.4, -0.2) is 4.98 Å². The first-order chi connectivity index (χ1) is 8.74. The van der Waals surface area contributed by atoms with Crippen LogP contribution in [0.4, 0.5) is 9.52 Å². The standard InChI is InChI=1S/C13H9FN2OS/c14-9-5-3-8(4-6-9)12-11(16-13(15)18-12)10-2-1-7-17-10/h1-7H,(H2,15,16). The number of anilines is 1. The van der Waals surface area contributed by atoms with Gasteiger partial charge in [0.05, 0.1) is 11.1 Å². The lowest BCUT2D eigenvalue weighted by Crippen LogP contribution is -1.82. The van der Waals surface area contributed by atoms with E-state index in [4.69, 9.17) is 10.2 Å². The van der Waals surface area contributed by atoms with Crippen LogP contribution in [0.5, 0.6) is 0 Å². The number of furan rings is 1. The SMILES string of the molecule is Nc1nc(-c2ccco2)c(-c2ccc(F)cc2)s1. The first kappa shape index (κ1) is 11.0. The maximum absolute atomic E-state index is 12.9. The number of nitrogen functional groups attached to an aromatic ring is 1. The second-order valence-corrected chi connectivity index (χ2v) is 4.74. The van der Waals surface area contributed by atoms with Gasteiger partial charge in [0.15, 0.2) is 10.9 Å². The van der Waals surface area contributed by atoms with Gasteiger partial charge in [-0.25, -0.2) is 9.37 Å². The molecule has 0 amide bonds. The molecule has 0 aliphatic carbocycles.